The summed E-state index contributed by atoms with van der Waals surface area (Å²) in [6.07, 6.45) is 2.48. The van der Waals surface area contributed by atoms with E-state index in [1.807, 2.05) is 0 Å². The van der Waals surface area contributed by atoms with Crippen LogP contribution in [-0.2, 0) is 6.42 Å². The van der Waals surface area contributed by atoms with Crippen LogP contribution < -0.4 is 10.1 Å². The van der Waals surface area contributed by atoms with Crippen LogP contribution in [0.5, 0.6) is 5.75 Å². The zero-order valence-corrected chi connectivity index (χ0v) is 13.4. The first-order valence-electron chi connectivity index (χ1n) is 8.25. The van der Waals surface area contributed by atoms with Gasteiger partial charge in [-0.3, -0.25) is 4.90 Å². The van der Waals surface area contributed by atoms with E-state index in [1.54, 1.807) is 7.11 Å². The van der Waals surface area contributed by atoms with E-state index in [2.05, 4.69) is 42.3 Å². The van der Waals surface area contributed by atoms with Gasteiger partial charge < -0.3 is 10.1 Å². The van der Waals surface area contributed by atoms with Crippen LogP contribution in [0.3, 0.4) is 0 Å². The SMILES string of the molecule is COc1ccc2c(c1)C(N1CC3CNCC3C1(C)C)CC2. The van der Waals surface area contributed by atoms with E-state index in [0.717, 1.165) is 17.6 Å². The van der Waals surface area contributed by atoms with Crippen molar-refractivity contribution in [2.24, 2.45) is 11.8 Å². The maximum absolute atomic E-state index is 5.45. The van der Waals surface area contributed by atoms with Gasteiger partial charge in [0.25, 0.3) is 0 Å². The first kappa shape index (κ1) is 13.6. The summed E-state index contributed by atoms with van der Waals surface area (Å²) in [6, 6.07) is 7.22. The van der Waals surface area contributed by atoms with Crippen LogP contribution in [-0.4, -0.2) is 37.2 Å². The zero-order chi connectivity index (χ0) is 14.6. The molecule has 1 N–H and O–H groups in total. The summed E-state index contributed by atoms with van der Waals surface area (Å²) in [6.45, 7) is 8.52. The Morgan fingerprint density at radius 2 is 2.14 bits per heavy atom. The highest BCUT2D eigenvalue weighted by atomic mass is 16.5. The monoisotopic (exact) mass is 286 g/mol. The maximum atomic E-state index is 5.45. The van der Waals surface area contributed by atoms with Gasteiger partial charge in [0.1, 0.15) is 5.75 Å². The number of rotatable bonds is 2. The van der Waals surface area contributed by atoms with Gasteiger partial charge in [0.2, 0.25) is 0 Å². The average molecular weight is 286 g/mol. The molecule has 1 aliphatic carbocycles. The molecule has 0 saturated carbocycles. The van der Waals surface area contributed by atoms with Crippen LogP contribution in [0.4, 0.5) is 0 Å². The van der Waals surface area contributed by atoms with Gasteiger partial charge in [0.05, 0.1) is 7.11 Å². The van der Waals surface area contributed by atoms with Gasteiger partial charge in [0, 0.05) is 24.7 Å². The fourth-order valence-corrected chi connectivity index (χ4v) is 4.99. The fraction of sp³-hybridized carbons (Fsp3) is 0.667. The Hall–Kier alpha value is -1.06. The minimum atomic E-state index is 0.295. The molecule has 0 bridgehead atoms. The Balaban J connectivity index is 1.67. The summed E-state index contributed by atoms with van der Waals surface area (Å²) in [4.78, 5) is 2.79. The van der Waals surface area contributed by atoms with E-state index in [9.17, 15) is 0 Å². The van der Waals surface area contributed by atoms with Crippen molar-refractivity contribution in [1.82, 2.24) is 10.2 Å². The number of methoxy groups -OCH3 is 1. The van der Waals surface area contributed by atoms with Crippen LogP contribution in [0.1, 0.15) is 37.4 Å². The van der Waals surface area contributed by atoms with E-state index < -0.39 is 0 Å². The lowest BCUT2D eigenvalue weighted by molar-refractivity contribution is 0.0887. The first-order chi connectivity index (χ1) is 10.1. The third-order valence-corrected chi connectivity index (χ3v) is 6.19. The first-order valence-corrected chi connectivity index (χ1v) is 8.25. The Labute approximate surface area is 127 Å². The third-order valence-electron chi connectivity index (χ3n) is 6.19. The number of ether oxygens (including phenoxy) is 1. The molecular weight excluding hydrogens is 260 g/mol. The molecule has 3 aliphatic rings. The van der Waals surface area contributed by atoms with Gasteiger partial charge in [-0.05, 0) is 68.3 Å². The molecule has 3 heteroatoms. The van der Waals surface area contributed by atoms with E-state index in [1.165, 1.54) is 43.6 Å². The standard InChI is InChI=1S/C18H26N2O/c1-18(2)16-10-19-9-13(16)11-20(18)17-7-5-12-4-6-14(21-3)8-15(12)17/h4,6,8,13,16-17,19H,5,7,9-11H2,1-3H3. The Kier molecular flexibility index (Phi) is 3.05. The maximum Gasteiger partial charge on any atom is 0.119 e. The lowest BCUT2D eigenvalue weighted by Crippen LogP contribution is -2.45. The topological polar surface area (TPSA) is 24.5 Å². The molecule has 2 heterocycles. The van der Waals surface area contributed by atoms with Crippen LogP contribution >= 0.6 is 0 Å². The van der Waals surface area contributed by atoms with Gasteiger partial charge in [0.15, 0.2) is 0 Å². The number of fused-ring (bicyclic) bond motifs is 2. The second-order valence-electron chi connectivity index (χ2n) is 7.45. The van der Waals surface area contributed by atoms with Gasteiger partial charge in [-0.2, -0.15) is 0 Å². The Morgan fingerprint density at radius 3 is 2.90 bits per heavy atom. The highest BCUT2D eigenvalue weighted by molar-refractivity contribution is 5.41. The van der Waals surface area contributed by atoms with E-state index in [0.29, 0.717) is 11.6 Å². The van der Waals surface area contributed by atoms with Crippen LogP contribution in [0.25, 0.3) is 0 Å². The minimum Gasteiger partial charge on any atom is -0.497 e. The smallest absolute Gasteiger partial charge is 0.119 e. The third kappa shape index (κ3) is 1.94. The number of nitrogens with one attached hydrogen (secondary N) is 1. The van der Waals surface area contributed by atoms with Crippen LogP contribution in [0.2, 0.25) is 0 Å². The second-order valence-corrected chi connectivity index (χ2v) is 7.45. The van der Waals surface area contributed by atoms with Gasteiger partial charge >= 0.3 is 0 Å². The number of nitrogens with zero attached hydrogens (tertiary/aromatic N) is 1. The quantitative estimate of drug-likeness (QED) is 0.904. The number of hydrogen-bond donors (Lipinski definition) is 1. The fourth-order valence-electron chi connectivity index (χ4n) is 4.99. The minimum absolute atomic E-state index is 0.295. The molecule has 1 aromatic carbocycles. The van der Waals surface area contributed by atoms with Crippen LogP contribution in [0.15, 0.2) is 18.2 Å². The molecule has 114 valence electrons. The predicted molar refractivity (Wildman–Crippen MR) is 84.7 cm³/mol. The predicted octanol–water partition coefficient (Wildman–Crippen LogP) is 2.61. The highest BCUT2D eigenvalue weighted by Gasteiger charge is 2.52. The number of likely N-dealkylation sites (tertiary alicyclic amines) is 1. The molecule has 2 saturated heterocycles. The molecule has 3 atom stereocenters. The van der Waals surface area contributed by atoms with Crippen molar-refractivity contribution in [3.8, 4) is 5.75 Å². The molecule has 1 aromatic rings. The van der Waals surface area contributed by atoms with Crippen molar-refractivity contribution in [2.75, 3.05) is 26.7 Å². The molecule has 3 unspecified atom stereocenters. The van der Waals surface area contributed by atoms with Gasteiger partial charge in [-0.15, -0.1) is 0 Å². The lowest BCUT2D eigenvalue weighted by atomic mass is 9.84. The van der Waals surface area contributed by atoms with Crippen molar-refractivity contribution in [3.63, 3.8) is 0 Å². The summed E-state index contributed by atoms with van der Waals surface area (Å²) < 4.78 is 5.45. The molecule has 4 rings (SSSR count). The van der Waals surface area contributed by atoms with Gasteiger partial charge in [-0.25, -0.2) is 0 Å². The molecule has 2 aliphatic heterocycles. The number of benzene rings is 1. The molecule has 2 fully saturated rings. The van der Waals surface area contributed by atoms with E-state index in [4.69, 9.17) is 4.74 Å². The zero-order valence-electron chi connectivity index (χ0n) is 13.4. The van der Waals surface area contributed by atoms with E-state index >= 15 is 0 Å². The molecule has 3 nitrogen and oxygen atoms in total. The van der Waals surface area contributed by atoms with E-state index in [-0.39, 0.29) is 0 Å². The largest absolute Gasteiger partial charge is 0.497 e. The summed E-state index contributed by atoms with van der Waals surface area (Å²) in [5.74, 6) is 2.63. The summed E-state index contributed by atoms with van der Waals surface area (Å²) >= 11 is 0. The Bertz CT molecular complexity index is 554. The summed E-state index contributed by atoms with van der Waals surface area (Å²) in [7, 11) is 1.77. The van der Waals surface area contributed by atoms with Crippen molar-refractivity contribution < 1.29 is 4.74 Å². The molecule has 0 aromatic heterocycles. The van der Waals surface area contributed by atoms with Gasteiger partial charge in [-0.1, -0.05) is 6.07 Å². The molecular formula is C18H26N2O. The van der Waals surface area contributed by atoms with Crippen molar-refractivity contribution >= 4 is 0 Å². The summed E-state index contributed by atoms with van der Waals surface area (Å²) in [5, 5.41) is 3.58. The summed E-state index contributed by atoms with van der Waals surface area (Å²) in [5.41, 5.74) is 3.32. The van der Waals surface area contributed by atoms with Crippen molar-refractivity contribution in [1.29, 1.82) is 0 Å². The average Bonchev–Trinajstić information content (AvgIpc) is 3.14. The molecule has 0 radical (unpaired) electrons. The van der Waals surface area contributed by atoms with Crippen molar-refractivity contribution in [3.05, 3.63) is 29.3 Å². The normalized spacial score (nSPS) is 34.0. The Morgan fingerprint density at radius 1 is 1.29 bits per heavy atom. The van der Waals surface area contributed by atoms with Crippen molar-refractivity contribution in [2.45, 2.75) is 38.3 Å². The van der Waals surface area contributed by atoms with Crippen LogP contribution in [0, 0.1) is 11.8 Å². The number of hydrogen-bond acceptors (Lipinski definition) is 3. The lowest BCUT2D eigenvalue weighted by Gasteiger charge is -2.40. The highest BCUT2D eigenvalue weighted by Crippen LogP contribution is 2.49. The second kappa shape index (κ2) is 4.72. The number of aryl methyl sites for hydroxylation is 1. The molecule has 0 spiro atoms. The molecule has 21 heavy (non-hydrogen) atoms. The molecule has 0 amide bonds.